The lowest BCUT2D eigenvalue weighted by Gasteiger charge is -2.18. The lowest BCUT2D eigenvalue weighted by Crippen LogP contribution is -2.25. The molecule has 0 atom stereocenters. The van der Waals surface area contributed by atoms with E-state index in [1.165, 1.54) is 12.1 Å². The fraction of sp³-hybridized carbons (Fsp3) is 0.150. The van der Waals surface area contributed by atoms with Crippen molar-refractivity contribution in [2.45, 2.75) is 13.5 Å². The van der Waals surface area contributed by atoms with Gasteiger partial charge in [-0.1, -0.05) is 30.3 Å². The highest BCUT2D eigenvalue weighted by molar-refractivity contribution is 5.92. The molecule has 2 aromatic carbocycles. The number of hydrogen-bond donors (Lipinski definition) is 1. The minimum absolute atomic E-state index is 0.289. The third-order valence-electron chi connectivity index (χ3n) is 3.88. The van der Waals surface area contributed by atoms with Crippen LogP contribution in [0.2, 0.25) is 0 Å². The highest BCUT2D eigenvalue weighted by Gasteiger charge is 2.14. The average Bonchev–Trinajstić information content (AvgIpc) is 2.67. The Morgan fingerprint density at radius 1 is 1.08 bits per heavy atom. The third kappa shape index (κ3) is 4.22. The van der Waals surface area contributed by atoms with Crippen LogP contribution >= 0.6 is 0 Å². The normalized spacial score (nSPS) is 10.4. The van der Waals surface area contributed by atoms with E-state index in [2.05, 4.69) is 15.3 Å². The quantitative estimate of drug-likeness (QED) is 0.763. The average molecular weight is 350 g/mol. The van der Waals surface area contributed by atoms with Crippen molar-refractivity contribution in [1.82, 2.24) is 15.3 Å². The molecule has 132 valence electrons. The third-order valence-corrected chi connectivity index (χ3v) is 3.88. The predicted octanol–water partition coefficient (Wildman–Crippen LogP) is 3.62. The van der Waals surface area contributed by atoms with Crippen molar-refractivity contribution in [3.05, 3.63) is 83.4 Å². The van der Waals surface area contributed by atoms with Gasteiger partial charge in [-0.2, -0.15) is 0 Å². The minimum Gasteiger partial charge on any atom is -0.347 e. The maximum atomic E-state index is 12.9. The second kappa shape index (κ2) is 7.74. The van der Waals surface area contributed by atoms with Gasteiger partial charge in [0.1, 0.15) is 11.5 Å². The number of rotatable bonds is 5. The summed E-state index contributed by atoms with van der Waals surface area (Å²) in [7, 11) is 1.85. The number of nitrogens with zero attached hydrogens (tertiary/aromatic N) is 3. The molecule has 1 amide bonds. The van der Waals surface area contributed by atoms with E-state index in [0.717, 1.165) is 11.3 Å². The second-order valence-electron chi connectivity index (χ2n) is 5.90. The van der Waals surface area contributed by atoms with Crippen molar-refractivity contribution in [1.29, 1.82) is 0 Å². The number of carbonyl (C=O) groups is 1. The highest BCUT2D eigenvalue weighted by atomic mass is 19.1. The first-order chi connectivity index (χ1) is 12.5. The van der Waals surface area contributed by atoms with Crippen LogP contribution in [0.1, 0.15) is 21.7 Å². The van der Waals surface area contributed by atoms with Crippen LogP contribution in [0.5, 0.6) is 0 Å². The van der Waals surface area contributed by atoms with Gasteiger partial charge >= 0.3 is 0 Å². The Morgan fingerprint density at radius 2 is 1.77 bits per heavy atom. The molecule has 0 spiro atoms. The van der Waals surface area contributed by atoms with Gasteiger partial charge in [0.05, 0.1) is 0 Å². The van der Waals surface area contributed by atoms with Gasteiger partial charge in [-0.3, -0.25) is 4.79 Å². The van der Waals surface area contributed by atoms with Crippen LogP contribution in [0.4, 0.5) is 16.0 Å². The van der Waals surface area contributed by atoms with Crippen LogP contribution in [0.25, 0.3) is 0 Å². The summed E-state index contributed by atoms with van der Waals surface area (Å²) in [5, 5.41) is 2.80. The number of amides is 1. The largest absolute Gasteiger partial charge is 0.347 e. The Balaban J connectivity index is 1.76. The lowest BCUT2D eigenvalue weighted by molar-refractivity contribution is 0.0945. The molecule has 0 unspecified atom stereocenters. The van der Waals surface area contributed by atoms with E-state index in [1.54, 1.807) is 18.2 Å². The Labute approximate surface area is 151 Å². The van der Waals surface area contributed by atoms with Gasteiger partial charge in [0.2, 0.25) is 5.95 Å². The lowest BCUT2D eigenvalue weighted by atomic mass is 10.2. The molecule has 0 fully saturated rings. The van der Waals surface area contributed by atoms with Gasteiger partial charge in [0.15, 0.2) is 0 Å². The SMILES string of the molecule is Cc1cc(C(=O)NCc2ccc(F)cc2)nc(N(C)c2ccccc2)n1. The summed E-state index contributed by atoms with van der Waals surface area (Å²) < 4.78 is 12.9. The molecule has 0 aliphatic rings. The van der Waals surface area contributed by atoms with Gasteiger partial charge in [0.25, 0.3) is 5.91 Å². The number of nitrogens with one attached hydrogen (secondary N) is 1. The van der Waals surface area contributed by atoms with E-state index in [0.29, 0.717) is 18.2 Å². The molecule has 1 N–H and O–H groups in total. The topological polar surface area (TPSA) is 58.1 Å². The smallest absolute Gasteiger partial charge is 0.270 e. The van der Waals surface area contributed by atoms with Crippen LogP contribution < -0.4 is 10.2 Å². The molecule has 3 aromatic rings. The molecule has 1 heterocycles. The van der Waals surface area contributed by atoms with Gasteiger partial charge in [-0.15, -0.1) is 0 Å². The van der Waals surface area contributed by atoms with Crippen molar-refractivity contribution in [3.63, 3.8) is 0 Å². The minimum atomic E-state index is -0.305. The molecule has 0 bridgehead atoms. The van der Waals surface area contributed by atoms with E-state index in [-0.39, 0.29) is 17.4 Å². The summed E-state index contributed by atoms with van der Waals surface area (Å²) >= 11 is 0. The number of aromatic nitrogens is 2. The zero-order chi connectivity index (χ0) is 18.5. The molecule has 6 heteroatoms. The number of carbonyl (C=O) groups excluding carboxylic acids is 1. The molecular weight excluding hydrogens is 331 g/mol. The summed E-state index contributed by atoms with van der Waals surface area (Å²) in [5.74, 6) is -0.161. The van der Waals surface area contributed by atoms with Crippen molar-refractivity contribution in [3.8, 4) is 0 Å². The monoisotopic (exact) mass is 350 g/mol. The van der Waals surface area contributed by atoms with E-state index >= 15 is 0 Å². The predicted molar refractivity (Wildman–Crippen MR) is 98.8 cm³/mol. The molecule has 0 aliphatic heterocycles. The molecule has 0 radical (unpaired) electrons. The maximum Gasteiger partial charge on any atom is 0.270 e. The van der Waals surface area contributed by atoms with Crippen LogP contribution in [0.15, 0.2) is 60.7 Å². The number of anilines is 2. The highest BCUT2D eigenvalue weighted by Crippen LogP contribution is 2.20. The zero-order valence-electron chi connectivity index (χ0n) is 14.6. The summed E-state index contributed by atoms with van der Waals surface area (Å²) in [6, 6.07) is 17.3. The van der Waals surface area contributed by atoms with Crippen molar-refractivity contribution in [2.24, 2.45) is 0 Å². The Bertz CT molecular complexity index is 897. The zero-order valence-corrected chi connectivity index (χ0v) is 14.6. The van der Waals surface area contributed by atoms with Crippen LogP contribution in [-0.4, -0.2) is 22.9 Å². The standard InChI is InChI=1S/C20H19FN4O/c1-14-12-18(19(26)22-13-15-8-10-16(21)11-9-15)24-20(23-14)25(2)17-6-4-3-5-7-17/h3-12H,13H2,1-2H3,(H,22,26). The van der Waals surface area contributed by atoms with Crippen LogP contribution in [0.3, 0.4) is 0 Å². The Morgan fingerprint density at radius 3 is 2.46 bits per heavy atom. The fourth-order valence-electron chi connectivity index (χ4n) is 2.46. The number of halogens is 1. The van der Waals surface area contributed by atoms with Gasteiger partial charge in [0, 0.05) is 25.0 Å². The Hall–Kier alpha value is -3.28. The van der Waals surface area contributed by atoms with Crippen molar-refractivity contribution in [2.75, 3.05) is 11.9 Å². The maximum absolute atomic E-state index is 12.9. The summed E-state index contributed by atoms with van der Waals surface area (Å²) in [6.45, 7) is 2.12. The number of benzene rings is 2. The molecular formula is C20H19FN4O. The first-order valence-corrected chi connectivity index (χ1v) is 8.20. The van der Waals surface area contributed by atoms with Crippen molar-refractivity contribution < 1.29 is 9.18 Å². The van der Waals surface area contributed by atoms with Gasteiger partial charge in [-0.25, -0.2) is 14.4 Å². The molecule has 0 aliphatic carbocycles. The van der Waals surface area contributed by atoms with E-state index < -0.39 is 0 Å². The van der Waals surface area contributed by atoms with Crippen LogP contribution in [0, 0.1) is 12.7 Å². The molecule has 1 aromatic heterocycles. The summed E-state index contributed by atoms with van der Waals surface area (Å²) in [4.78, 5) is 23.1. The fourth-order valence-corrected chi connectivity index (χ4v) is 2.46. The summed E-state index contributed by atoms with van der Waals surface area (Å²) in [5.41, 5.74) is 2.73. The first kappa shape index (κ1) is 17.5. The van der Waals surface area contributed by atoms with Crippen LogP contribution in [-0.2, 0) is 6.54 Å². The number of hydrogen-bond acceptors (Lipinski definition) is 4. The molecule has 3 rings (SSSR count). The van der Waals surface area contributed by atoms with Crippen molar-refractivity contribution >= 4 is 17.5 Å². The van der Waals surface area contributed by atoms with Gasteiger partial charge in [-0.05, 0) is 42.8 Å². The van der Waals surface area contributed by atoms with Gasteiger partial charge < -0.3 is 10.2 Å². The number of para-hydroxylation sites is 1. The number of aryl methyl sites for hydroxylation is 1. The molecule has 26 heavy (non-hydrogen) atoms. The van der Waals surface area contributed by atoms with E-state index in [9.17, 15) is 9.18 Å². The van der Waals surface area contributed by atoms with E-state index in [1.807, 2.05) is 49.2 Å². The molecule has 5 nitrogen and oxygen atoms in total. The first-order valence-electron chi connectivity index (χ1n) is 8.20. The Kier molecular flexibility index (Phi) is 5.22. The summed E-state index contributed by atoms with van der Waals surface area (Å²) in [6.07, 6.45) is 0. The van der Waals surface area contributed by atoms with E-state index in [4.69, 9.17) is 0 Å². The molecule has 0 saturated heterocycles. The molecule has 0 saturated carbocycles. The second-order valence-corrected chi connectivity index (χ2v) is 5.90.